The largest absolute Gasteiger partial charge is 0.493 e. The molecule has 0 radical (unpaired) electrons. The third kappa shape index (κ3) is 4.95. The van der Waals surface area contributed by atoms with Crippen LogP contribution < -0.4 is 34.2 Å². The molecule has 0 atom stereocenters. The average molecular weight is 448 g/mol. The molecule has 9 heteroatoms. The van der Waals surface area contributed by atoms with Gasteiger partial charge in [0.2, 0.25) is 11.5 Å². The number of ether oxygens (including phenoxy) is 6. The van der Waals surface area contributed by atoms with E-state index in [4.69, 9.17) is 34.2 Å². The first-order valence-electron chi connectivity index (χ1n) is 10.3. The van der Waals surface area contributed by atoms with E-state index in [9.17, 15) is 0 Å². The maximum absolute atomic E-state index is 6.32. The van der Waals surface area contributed by atoms with Crippen LogP contribution in [0.25, 0.3) is 0 Å². The smallest absolute Gasteiger partial charge is 0.203 e. The molecule has 176 valence electrons. The van der Waals surface area contributed by atoms with E-state index < -0.39 is 0 Å². The zero-order chi connectivity index (χ0) is 23.3. The Morgan fingerprint density at radius 3 is 1.19 bits per heavy atom. The van der Waals surface area contributed by atoms with E-state index in [1.54, 1.807) is 42.7 Å². The zero-order valence-electron chi connectivity index (χ0n) is 19.6. The second-order valence-electron chi connectivity index (χ2n) is 7.52. The highest BCUT2D eigenvalue weighted by Crippen LogP contribution is 2.40. The van der Waals surface area contributed by atoms with Gasteiger partial charge in [-0.2, -0.15) is 0 Å². The summed E-state index contributed by atoms with van der Waals surface area (Å²) in [7, 11) is 9.65. The summed E-state index contributed by atoms with van der Waals surface area (Å²) in [4.78, 5) is 0. The molecule has 0 amide bonds. The van der Waals surface area contributed by atoms with Gasteiger partial charge >= 0.3 is 0 Å². The van der Waals surface area contributed by atoms with E-state index in [0.717, 1.165) is 24.2 Å². The van der Waals surface area contributed by atoms with E-state index in [-0.39, 0.29) is 6.04 Å². The van der Waals surface area contributed by atoms with Gasteiger partial charge in [-0.25, -0.2) is 10.0 Å². The quantitative estimate of drug-likeness (QED) is 0.589. The summed E-state index contributed by atoms with van der Waals surface area (Å²) in [5.41, 5.74) is 8.38. The lowest BCUT2D eigenvalue weighted by molar-refractivity contribution is 0.0107. The SMILES string of the molecule is COc1cc(CN2CC(N)CN2Cc2cc(OC)c(OC)c(OC)c2)cc(OC)c1OC. The van der Waals surface area contributed by atoms with Crippen LogP contribution in [0.5, 0.6) is 34.5 Å². The highest BCUT2D eigenvalue weighted by atomic mass is 16.5. The average Bonchev–Trinajstić information content (AvgIpc) is 3.15. The number of hydrogen-bond donors (Lipinski definition) is 1. The molecule has 0 unspecified atom stereocenters. The second-order valence-corrected chi connectivity index (χ2v) is 7.52. The molecule has 0 spiro atoms. The van der Waals surface area contributed by atoms with Crippen LogP contribution in [-0.2, 0) is 13.1 Å². The Morgan fingerprint density at radius 1 is 0.625 bits per heavy atom. The number of hydrogen-bond acceptors (Lipinski definition) is 9. The Balaban J connectivity index is 1.85. The summed E-state index contributed by atoms with van der Waals surface area (Å²) in [6.45, 7) is 2.77. The number of nitrogens with zero attached hydrogens (tertiary/aromatic N) is 2. The van der Waals surface area contributed by atoms with E-state index in [2.05, 4.69) is 10.0 Å². The monoisotopic (exact) mass is 447 g/mol. The fourth-order valence-electron chi connectivity index (χ4n) is 4.03. The van der Waals surface area contributed by atoms with Gasteiger partial charge in [-0.1, -0.05) is 0 Å². The minimum absolute atomic E-state index is 0.0408. The summed E-state index contributed by atoms with van der Waals surface area (Å²) in [6, 6.07) is 7.89. The van der Waals surface area contributed by atoms with Gasteiger partial charge in [0.25, 0.3) is 0 Å². The lowest BCUT2D eigenvalue weighted by atomic mass is 10.1. The topological polar surface area (TPSA) is 87.9 Å². The van der Waals surface area contributed by atoms with Gasteiger partial charge in [-0.15, -0.1) is 0 Å². The number of methoxy groups -OCH3 is 6. The summed E-state index contributed by atoms with van der Waals surface area (Å²) < 4.78 is 32.9. The first-order valence-corrected chi connectivity index (χ1v) is 10.3. The molecule has 0 bridgehead atoms. The van der Waals surface area contributed by atoms with Crippen molar-refractivity contribution < 1.29 is 28.4 Å². The molecule has 9 nitrogen and oxygen atoms in total. The fraction of sp³-hybridized carbons (Fsp3) is 0.478. The van der Waals surface area contributed by atoms with Crippen molar-refractivity contribution in [1.29, 1.82) is 0 Å². The predicted octanol–water partition coefficient (Wildman–Crippen LogP) is 2.30. The fourth-order valence-corrected chi connectivity index (χ4v) is 4.03. The molecule has 2 aromatic carbocycles. The predicted molar refractivity (Wildman–Crippen MR) is 121 cm³/mol. The number of hydrazine groups is 1. The molecule has 32 heavy (non-hydrogen) atoms. The van der Waals surface area contributed by atoms with Gasteiger partial charge in [0.15, 0.2) is 23.0 Å². The van der Waals surface area contributed by atoms with Crippen molar-refractivity contribution in [3.05, 3.63) is 35.4 Å². The number of rotatable bonds is 10. The zero-order valence-corrected chi connectivity index (χ0v) is 19.6. The molecule has 0 saturated carbocycles. The maximum Gasteiger partial charge on any atom is 0.203 e. The minimum atomic E-state index is 0.0408. The third-order valence-electron chi connectivity index (χ3n) is 5.47. The van der Waals surface area contributed by atoms with Crippen molar-refractivity contribution in [2.45, 2.75) is 19.1 Å². The molecule has 0 aliphatic carbocycles. The molecular formula is C23H33N3O6. The van der Waals surface area contributed by atoms with Crippen LogP contribution >= 0.6 is 0 Å². The molecule has 2 aromatic rings. The lowest BCUT2D eigenvalue weighted by Gasteiger charge is -2.28. The Morgan fingerprint density at radius 2 is 0.938 bits per heavy atom. The van der Waals surface area contributed by atoms with Gasteiger partial charge in [-0.3, -0.25) is 0 Å². The van der Waals surface area contributed by atoms with Crippen molar-refractivity contribution in [2.75, 3.05) is 55.7 Å². The second kappa shape index (κ2) is 10.6. The first-order chi connectivity index (χ1) is 15.5. The normalized spacial score (nSPS) is 15.0. The van der Waals surface area contributed by atoms with Gasteiger partial charge in [0.1, 0.15) is 0 Å². The third-order valence-corrected chi connectivity index (χ3v) is 5.47. The van der Waals surface area contributed by atoms with Crippen molar-refractivity contribution in [3.63, 3.8) is 0 Å². The van der Waals surface area contributed by atoms with Crippen molar-refractivity contribution in [2.24, 2.45) is 5.73 Å². The Bertz CT molecular complexity index is 799. The van der Waals surface area contributed by atoms with Crippen molar-refractivity contribution >= 4 is 0 Å². The van der Waals surface area contributed by atoms with Crippen LogP contribution in [0.3, 0.4) is 0 Å². The molecule has 1 aliphatic rings. The Hall–Kier alpha value is -2.88. The number of nitrogens with two attached hydrogens (primary N) is 1. The molecular weight excluding hydrogens is 414 g/mol. The molecule has 1 heterocycles. The van der Waals surface area contributed by atoms with Gasteiger partial charge < -0.3 is 34.2 Å². The van der Waals surface area contributed by atoms with Crippen LogP contribution in [0, 0.1) is 0 Å². The van der Waals surface area contributed by atoms with Gasteiger partial charge in [0.05, 0.1) is 42.7 Å². The highest BCUT2D eigenvalue weighted by Gasteiger charge is 2.29. The molecule has 1 fully saturated rings. The molecule has 1 aliphatic heterocycles. The van der Waals surface area contributed by atoms with E-state index in [1.165, 1.54) is 0 Å². The molecule has 2 N–H and O–H groups in total. The summed E-state index contributed by atoms with van der Waals surface area (Å²) in [5.74, 6) is 3.66. The van der Waals surface area contributed by atoms with Gasteiger partial charge in [-0.05, 0) is 35.4 Å². The Labute approximate surface area is 189 Å². The Kier molecular flexibility index (Phi) is 7.89. The van der Waals surface area contributed by atoms with Crippen LogP contribution in [0.2, 0.25) is 0 Å². The van der Waals surface area contributed by atoms with Crippen LogP contribution in [0.4, 0.5) is 0 Å². The van der Waals surface area contributed by atoms with Crippen LogP contribution in [0.1, 0.15) is 11.1 Å². The van der Waals surface area contributed by atoms with Crippen molar-refractivity contribution in [3.8, 4) is 34.5 Å². The van der Waals surface area contributed by atoms with Crippen LogP contribution in [-0.4, -0.2) is 71.8 Å². The molecule has 1 saturated heterocycles. The number of benzene rings is 2. The summed E-state index contributed by atoms with van der Waals surface area (Å²) >= 11 is 0. The summed E-state index contributed by atoms with van der Waals surface area (Å²) in [6.07, 6.45) is 0. The minimum Gasteiger partial charge on any atom is -0.493 e. The van der Waals surface area contributed by atoms with E-state index in [1.807, 2.05) is 24.3 Å². The molecule has 3 rings (SSSR count). The lowest BCUT2D eigenvalue weighted by Crippen LogP contribution is -2.35. The summed E-state index contributed by atoms with van der Waals surface area (Å²) in [5, 5.41) is 4.46. The van der Waals surface area contributed by atoms with Crippen LogP contribution in [0.15, 0.2) is 24.3 Å². The van der Waals surface area contributed by atoms with E-state index in [0.29, 0.717) is 47.6 Å². The standard InChI is InChI=1S/C23H33N3O6/c1-27-18-7-15(8-19(28-2)22(18)31-5)11-25-13-17(24)14-26(25)12-16-9-20(29-3)23(32-6)21(10-16)30-4/h7-10,17H,11-14,24H2,1-6H3. The van der Waals surface area contributed by atoms with Gasteiger partial charge in [0, 0.05) is 32.2 Å². The highest BCUT2D eigenvalue weighted by molar-refractivity contribution is 5.54. The first kappa shape index (κ1) is 23.8. The molecule has 0 aromatic heterocycles. The van der Waals surface area contributed by atoms with E-state index >= 15 is 0 Å². The maximum atomic E-state index is 6.32. The van der Waals surface area contributed by atoms with Crippen molar-refractivity contribution in [1.82, 2.24) is 10.0 Å².